The molecular weight excluding hydrogens is 368 g/mol. The monoisotopic (exact) mass is 388 g/mol. The summed E-state index contributed by atoms with van der Waals surface area (Å²) in [7, 11) is -0.198. The molecule has 2 amide bonds. The molecule has 0 saturated carbocycles. The van der Waals surface area contributed by atoms with Crippen molar-refractivity contribution >= 4 is 27.2 Å². The van der Waals surface area contributed by atoms with Crippen molar-refractivity contribution in [2.75, 3.05) is 35.5 Å². The minimum absolute atomic E-state index is 0.0545. The fourth-order valence-corrected chi connectivity index (χ4v) is 5.78. The zero-order chi connectivity index (χ0) is 19.2. The van der Waals surface area contributed by atoms with E-state index in [2.05, 4.69) is 0 Å². The van der Waals surface area contributed by atoms with Gasteiger partial charge < -0.3 is 9.47 Å². The van der Waals surface area contributed by atoms with Gasteiger partial charge in [0.15, 0.2) is 9.84 Å². The van der Waals surface area contributed by atoms with Crippen LogP contribution in [0.2, 0.25) is 0 Å². The summed E-state index contributed by atoms with van der Waals surface area (Å²) in [4.78, 5) is 16.5. The summed E-state index contributed by atoms with van der Waals surface area (Å²) in [5.41, 5.74) is 1.19. The van der Waals surface area contributed by atoms with Crippen molar-refractivity contribution in [1.29, 1.82) is 0 Å². The molecule has 0 bridgehead atoms. The summed E-state index contributed by atoms with van der Waals surface area (Å²) in [6.07, 6.45) is 0. The van der Waals surface area contributed by atoms with Gasteiger partial charge in [0.25, 0.3) is 0 Å². The number of ether oxygens (including phenoxy) is 2. The summed E-state index contributed by atoms with van der Waals surface area (Å²) < 4.78 is 35.4. The third-order valence-corrected chi connectivity index (χ3v) is 6.75. The van der Waals surface area contributed by atoms with Crippen molar-refractivity contribution in [3.05, 3.63) is 48.5 Å². The standard InChI is InChI=1S/C19H20N2O5S/c1-25-14-8-9-18(26-2)15(10-14)21-17-12-27(23,24)11-16(17)20(19(21)22)13-6-4-3-5-7-13/h3-10,16-17H,11-12H2,1-2H3/t16-,17-/m1/s1. The lowest BCUT2D eigenvalue weighted by Gasteiger charge is -2.24. The SMILES string of the molecule is COc1ccc(OC)c(N2C(=O)N(c3ccccc3)[C@@H]3CS(=O)(=O)C[C@H]32)c1. The van der Waals surface area contributed by atoms with Crippen LogP contribution in [0, 0.1) is 0 Å². The third-order valence-electron chi connectivity index (χ3n) is 5.05. The Labute approximate surface area is 158 Å². The molecule has 2 aromatic carbocycles. The predicted octanol–water partition coefficient (Wildman–Crippen LogP) is 2.32. The highest BCUT2D eigenvalue weighted by Crippen LogP contribution is 2.42. The average Bonchev–Trinajstić information content (AvgIpc) is 3.10. The molecular formula is C19H20N2O5S. The Balaban J connectivity index is 1.85. The van der Waals surface area contributed by atoms with Crippen LogP contribution < -0.4 is 19.3 Å². The fourth-order valence-electron chi connectivity index (χ4n) is 3.86. The number of fused-ring (bicyclic) bond motifs is 1. The maximum absolute atomic E-state index is 13.4. The fraction of sp³-hybridized carbons (Fsp3) is 0.316. The molecule has 2 aliphatic rings. The van der Waals surface area contributed by atoms with Crippen LogP contribution in [0.3, 0.4) is 0 Å². The number of rotatable bonds is 4. The van der Waals surface area contributed by atoms with Crippen molar-refractivity contribution in [3.8, 4) is 11.5 Å². The lowest BCUT2D eigenvalue weighted by molar-refractivity contribution is 0.255. The lowest BCUT2D eigenvalue weighted by Crippen LogP contribution is -2.38. The van der Waals surface area contributed by atoms with Gasteiger partial charge in [0.05, 0.1) is 43.5 Å². The van der Waals surface area contributed by atoms with E-state index < -0.39 is 21.9 Å². The molecule has 2 fully saturated rings. The number of amides is 2. The number of hydrogen-bond donors (Lipinski definition) is 0. The van der Waals surface area contributed by atoms with E-state index in [0.29, 0.717) is 22.9 Å². The first-order valence-electron chi connectivity index (χ1n) is 8.55. The van der Waals surface area contributed by atoms with E-state index in [-0.39, 0.29) is 17.5 Å². The van der Waals surface area contributed by atoms with E-state index in [9.17, 15) is 13.2 Å². The summed E-state index contributed by atoms with van der Waals surface area (Å²) >= 11 is 0. The van der Waals surface area contributed by atoms with Gasteiger partial charge in [0.1, 0.15) is 11.5 Å². The highest BCUT2D eigenvalue weighted by atomic mass is 32.2. The Morgan fingerprint density at radius 2 is 1.59 bits per heavy atom. The first-order chi connectivity index (χ1) is 12.9. The number of methoxy groups -OCH3 is 2. The molecule has 7 nitrogen and oxygen atoms in total. The summed E-state index contributed by atoms with van der Waals surface area (Å²) in [5.74, 6) is 0.921. The van der Waals surface area contributed by atoms with Gasteiger partial charge in [0.2, 0.25) is 0 Å². The summed E-state index contributed by atoms with van der Waals surface area (Å²) in [6.45, 7) is 0. The lowest BCUT2D eigenvalue weighted by atomic mass is 10.1. The van der Waals surface area contributed by atoms with Gasteiger partial charge in [-0.3, -0.25) is 9.80 Å². The van der Waals surface area contributed by atoms with Gasteiger partial charge in [-0.2, -0.15) is 0 Å². The highest BCUT2D eigenvalue weighted by Gasteiger charge is 2.55. The first-order valence-corrected chi connectivity index (χ1v) is 10.4. The maximum Gasteiger partial charge on any atom is 0.329 e. The number of para-hydroxylation sites is 1. The van der Waals surface area contributed by atoms with E-state index in [4.69, 9.17) is 9.47 Å². The number of carbonyl (C=O) groups excluding carboxylic acids is 1. The van der Waals surface area contributed by atoms with Crippen molar-refractivity contribution in [2.45, 2.75) is 12.1 Å². The molecule has 0 spiro atoms. The van der Waals surface area contributed by atoms with Crippen molar-refractivity contribution in [1.82, 2.24) is 0 Å². The number of nitrogens with zero attached hydrogens (tertiary/aromatic N) is 2. The van der Waals surface area contributed by atoms with E-state index in [0.717, 1.165) is 0 Å². The van der Waals surface area contributed by atoms with Crippen LogP contribution in [-0.4, -0.2) is 52.3 Å². The van der Waals surface area contributed by atoms with Gasteiger partial charge in [-0.05, 0) is 24.3 Å². The smallest absolute Gasteiger partial charge is 0.329 e. The normalized spacial score (nSPS) is 23.4. The Kier molecular flexibility index (Phi) is 4.22. The molecule has 2 aliphatic heterocycles. The molecule has 0 radical (unpaired) electrons. The topological polar surface area (TPSA) is 76.2 Å². The first kappa shape index (κ1) is 17.7. The molecule has 4 rings (SSSR count). The quantitative estimate of drug-likeness (QED) is 0.752. The van der Waals surface area contributed by atoms with Crippen LogP contribution in [0.1, 0.15) is 0 Å². The number of benzene rings is 2. The van der Waals surface area contributed by atoms with Crippen LogP contribution >= 0.6 is 0 Å². The minimum atomic E-state index is -3.25. The van der Waals surface area contributed by atoms with Crippen LogP contribution in [0.5, 0.6) is 11.5 Å². The van der Waals surface area contributed by atoms with Gasteiger partial charge in [0, 0.05) is 11.8 Å². The molecule has 8 heteroatoms. The zero-order valence-corrected chi connectivity index (χ0v) is 15.8. The number of sulfone groups is 1. The van der Waals surface area contributed by atoms with E-state index >= 15 is 0 Å². The Morgan fingerprint density at radius 3 is 2.22 bits per heavy atom. The van der Waals surface area contributed by atoms with Crippen molar-refractivity contribution in [3.63, 3.8) is 0 Å². The van der Waals surface area contributed by atoms with Gasteiger partial charge >= 0.3 is 6.03 Å². The second kappa shape index (κ2) is 6.45. The second-order valence-electron chi connectivity index (χ2n) is 6.61. The molecule has 0 aromatic heterocycles. The molecule has 0 aliphatic carbocycles. The zero-order valence-electron chi connectivity index (χ0n) is 15.0. The molecule has 2 aromatic rings. The van der Waals surface area contributed by atoms with Crippen molar-refractivity contribution in [2.24, 2.45) is 0 Å². The maximum atomic E-state index is 13.4. The highest BCUT2D eigenvalue weighted by molar-refractivity contribution is 7.91. The number of carbonyl (C=O) groups is 1. The Hall–Kier alpha value is -2.74. The van der Waals surface area contributed by atoms with Crippen LogP contribution in [0.4, 0.5) is 16.2 Å². The molecule has 0 unspecified atom stereocenters. The van der Waals surface area contributed by atoms with E-state index in [1.54, 1.807) is 23.1 Å². The molecule has 142 valence electrons. The Morgan fingerprint density at radius 1 is 0.926 bits per heavy atom. The summed E-state index contributed by atoms with van der Waals surface area (Å²) in [6, 6.07) is 13.1. The largest absolute Gasteiger partial charge is 0.497 e. The van der Waals surface area contributed by atoms with Crippen LogP contribution in [0.15, 0.2) is 48.5 Å². The molecule has 2 heterocycles. The van der Waals surface area contributed by atoms with E-state index in [1.165, 1.54) is 19.1 Å². The number of urea groups is 1. The summed E-state index contributed by atoms with van der Waals surface area (Å²) in [5, 5.41) is 0. The molecule has 0 N–H and O–H groups in total. The molecule has 27 heavy (non-hydrogen) atoms. The minimum Gasteiger partial charge on any atom is -0.497 e. The van der Waals surface area contributed by atoms with Gasteiger partial charge in [-0.15, -0.1) is 0 Å². The van der Waals surface area contributed by atoms with Crippen LogP contribution in [0.25, 0.3) is 0 Å². The van der Waals surface area contributed by atoms with Crippen LogP contribution in [-0.2, 0) is 9.84 Å². The average molecular weight is 388 g/mol. The molecule has 2 atom stereocenters. The molecule has 2 saturated heterocycles. The number of anilines is 2. The van der Waals surface area contributed by atoms with Gasteiger partial charge in [-0.25, -0.2) is 13.2 Å². The number of hydrogen-bond acceptors (Lipinski definition) is 5. The van der Waals surface area contributed by atoms with Crippen molar-refractivity contribution < 1.29 is 22.7 Å². The Bertz CT molecular complexity index is 977. The second-order valence-corrected chi connectivity index (χ2v) is 8.76. The third kappa shape index (κ3) is 2.90. The van der Waals surface area contributed by atoms with Gasteiger partial charge in [-0.1, -0.05) is 18.2 Å². The predicted molar refractivity (Wildman–Crippen MR) is 103 cm³/mol. The van der Waals surface area contributed by atoms with E-state index in [1.807, 2.05) is 30.3 Å².